The Labute approximate surface area is 151 Å². The Morgan fingerprint density at radius 3 is 2.71 bits per heavy atom. The summed E-state index contributed by atoms with van der Waals surface area (Å²) in [6.07, 6.45) is 2.26. The van der Waals surface area contributed by atoms with Crippen LogP contribution in [0.1, 0.15) is 45.4 Å². The molecule has 0 aliphatic carbocycles. The van der Waals surface area contributed by atoms with Gasteiger partial charge in [0, 0.05) is 24.0 Å². The molecule has 3 N–H and O–H groups in total. The summed E-state index contributed by atoms with van der Waals surface area (Å²) in [4.78, 5) is 7.84. The molecule has 5 nitrogen and oxygen atoms in total. The first kappa shape index (κ1) is 20.9. The van der Waals surface area contributed by atoms with Gasteiger partial charge >= 0.3 is 0 Å². The molecule has 0 saturated heterocycles. The maximum absolute atomic E-state index is 10.6. The van der Waals surface area contributed by atoms with Gasteiger partial charge < -0.3 is 20.6 Å². The lowest BCUT2D eigenvalue weighted by Gasteiger charge is -2.21. The van der Waals surface area contributed by atoms with Gasteiger partial charge in [-0.2, -0.15) is 0 Å². The van der Waals surface area contributed by atoms with E-state index in [2.05, 4.69) is 41.4 Å². The van der Waals surface area contributed by atoms with Gasteiger partial charge in [-0.05, 0) is 65.6 Å². The molecular formula is C18H34N4OS. The van der Waals surface area contributed by atoms with Crippen molar-refractivity contribution in [2.24, 2.45) is 4.99 Å². The van der Waals surface area contributed by atoms with Crippen LogP contribution in [0.15, 0.2) is 22.5 Å². The third-order valence-electron chi connectivity index (χ3n) is 4.05. The minimum atomic E-state index is -0.920. The molecule has 0 amide bonds. The van der Waals surface area contributed by atoms with Gasteiger partial charge in [0.15, 0.2) is 5.96 Å². The highest BCUT2D eigenvalue weighted by Crippen LogP contribution is 2.25. The standard InChI is InChI=1S/C18H34N4OS/c1-6-19-17(20-11-7-8-12-22(5)15(2)3)21-14-18(4,23)16-10-9-13-24-16/h9-10,13,15,23H,6-8,11-12,14H2,1-5H3,(H2,19,20,21). The lowest BCUT2D eigenvalue weighted by Crippen LogP contribution is -2.39. The fraction of sp³-hybridized carbons (Fsp3) is 0.722. The van der Waals surface area contributed by atoms with E-state index in [1.807, 2.05) is 31.4 Å². The summed E-state index contributed by atoms with van der Waals surface area (Å²) in [6.45, 7) is 11.4. The summed E-state index contributed by atoms with van der Waals surface area (Å²) in [7, 11) is 2.16. The third kappa shape index (κ3) is 7.64. The fourth-order valence-electron chi connectivity index (χ4n) is 2.19. The Balaban J connectivity index is 2.40. The number of aliphatic imine (C=N–C) groups is 1. The fourth-order valence-corrected chi connectivity index (χ4v) is 2.97. The van der Waals surface area contributed by atoms with Crippen molar-refractivity contribution >= 4 is 17.3 Å². The van der Waals surface area contributed by atoms with Gasteiger partial charge in [-0.3, -0.25) is 0 Å². The van der Waals surface area contributed by atoms with E-state index in [1.165, 1.54) is 0 Å². The number of thiophene rings is 1. The molecule has 24 heavy (non-hydrogen) atoms. The Bertz CT molecular complexity index is 471. The zero-order chi connectivity index (χ0) is 18.0. The van der Waals surface area contributed by atoms with Crippen molar-refractivity contribution in [3.63, 3.8) is 0 Å². The average Bonchev–Trinajstić information content (AvgIpc) is 3.07. The first-order valence-corrected chi connectivity index (χ1v) is 9.73. The maximum atomic E-state index is 10.6. The summed E-state index contributed by atoms with van der Waals surface area (Å²) in [5, 5.41) is 19.1. The zero-order valence-electron chi connectivity index (χ0n) is 15.8. The number of rotatable bonds is 10. The molecule has 1 atom stereocenters. The second-order valence-electron chi connectivity index (χ2n) is 6.65. The molecule has 1 rings (SSSR count). The summed E-state index contributed by atoms with van der Waals surface area (Å²) in [5.41, 5.74) is -0.920. The highest BCUT2D eigenvalue weighted by Gasteiger charge is 2.23. The lowest BCUT2D eigenvalue weighted by molar-refractivity contribution is 0.0711. The van der Waals surface area contributed by atoms with E-state index < -0.39 is 5.60 Å². The van der Waals surface area contributed by atoms with E-state index in [4.69, 9.17) is 0 Å². The molecule has 1 unspecified atom stereocenters. The molecule has 0 fully saturated rings. The minimum Gasteiger partial charge on any atom is -0.383 e. The summed E-state index contributed by atoms with van der Waals surface area (Å²) in [6, 6.07) is 4.50. The largest absolute Gasteiger partial charge is 0.383 e. The van der Waals surface area contributed by atoms with Gasteiger partial charge in [-0.25, -0.2) is 4.99 Å². The molecule has 1 aromatic heterocycles. The first-order chi connectivity index (χ1) is 11.4. The van der Waals surface area contributed by atoms with Crippen LogP contribution in [0.4, 0.5) is 0 Å². The van der Waals surface area contributed by atoms with Crippen LogP contribution in [0.3, 0.4) is 0 Å². The minimum absolute atomic E-state index is 0.346. The van der Waals surface area contributed by atoms with Crippen LogP contribution in [0, 0.1) is 0 Å². The Morgan fingerprint density at radius 2 is 2.12 bits per heavy atom. The highest BCUT2D eigenvalue weighted by atomic mass is 32.1. The van der Waals surface area contributed by atoms with Gasteiger partial charge in [0.25, 0.3) is 0 Å². The predicted molar refractivity (Wildman–Crippen MR) is 105 cm³/mol. The maximum Gasteiger partial charge on any atom is 0.191 e. The monoisotopic (exact) mass is 354 g/mol. The van der Waals surface area contributed by atoms with E-state index in [-0.39, 0.29) is 0 Å². The normalized spacial score (nSPS) is 14.9. The second-order valence-corrected chi connectivity index (χ2v) is 7.60. The van der Waals surface area contributed by atoms with Crippen LogP contribution >= 0.6 is 11.3 Å². The summed E-state index contributed by atoms with van der Waals surface area (Å²) in [5.74, 6) is 0.770. The van der Waals surface area contributed by atoms with Crippen molar-refractivity contribution in [1.82, 2.24) is 15.5 Å². The molecule has 0 saturated carbocycles. The van der Waals surface area contributed by atoms with Crippen LogP contribution in [0.5, 0.6) is 0 Å². The van der Waals surface area contributed by atoms with E-state index in [0.717, 1.165) is 43.3 Å². The predicted octanol–water partition coefficient (Wildman–Crippen LogP) is 2.63. The molecule has 0 spiro atoms. The van der Waals surface area contributed by atoms with Crippen LogP contribution < -0.4 is 10.6 Å². The highest BCUT2D eigenvalue weighted by molar-refractivity contribution is 7.10. The molecule has 138 valence electrons. The smallest absolute Gasteiger partial charge is 0.191 e. The topological polar surface area (TPSA) is 59.9 Å². The number of aliphatic hydroxyl groups is 1. The van der Waals surface area contributed by atoms with Crippen molar-refractivity contribution < 1.29 is 5.11 Å². The van der Waals surface area contributed by atoms with Crippen LogP contribution in [-0.2, 0) is 5.60 Å². The summed E-state index contributed by atoms with van der Waals surface area (Å²) < 4.78 is 0. The molecule has 0 bridgehead atoms. The third-order valence-corrected chi connectivity index (χ3v) is 5.18. The Kier molecular flexibility index (Phi) is 9.33. The zero-order valence-corrected chi connectivity index (χ0v) is 16.6. The Morgan fingerprint density at radius 1 is 1.38 bits per heavy atom. The van der Waals surface area contributed by atoms with Crippen molar-refractivity contribution in [2.75, 3.05) is 33.2 Å². The SMILES string of the molecule is CCNC(=NCC(C)(O)c1cccs1)NCCCCN(C)C(C)C. The number of hydrogen-bond donors (Lipinski definition) is 3. The molecule has 0 radical (unpaired) electrons. The second kappa shape index (κ2) is 10.7. The van der Waals surface area contributed by atoms with Crippen LogP contribution in [0.2, 0.25) is 0 Å². The molecular weight excluding hydrogens is 320 g/mol. The van der Waals surface area contributed by atoms with Crippen molar-refractivity contribution in [2.45, 2.75) is 52.2 Å². The quantitative estimate of drug-likeness (QED) is 0.343. The number of nitrogens with one attached hydrogen (secondary N) is 2. The van der Waals surface area contributed by atoms with Crippen LogP contribution in [0.25, 0.3) is 0 Å². The molecule has 0 aromatic carbocycles. The van der Waals surface area contributed by atoms with E-state index in [1.54, 1.807) is 11.3 Å². The number of guanidine groups is 1. The van der Waals surface area contributed by atoms with Crippen molar-refractivity contribution in [3.05, 3.63) is 22.4 Å². The van der Waals surface area contributed by atoms with E-state index in [9.17, 15) is 5.11 Å². The molecule has 1 heterocycles. The van der Waals surface area contributed by atoms with Gasteiger partial charge in [-0.1, -0.05) is 6.07 Å². The van der Waals surface area contributed by atoms with Gasteiger partial charge in [0.1, 0.15) is 5.60 Å². The number of unbranched alkanes of at least 4 members (excludes halogenated alkanes) is 1. The molecule has 0 aliphatic heterocycles. The molecule has 1 aromatic rings. The summed E-state index contributed by atoms with van der Waals surface area (Å²) >= 11 is 1.56. The van der Waals surface area contributed by atoms with Gasteiger partial charge in [0.05, 0.1) is 6.54 Å². The number of nitrogens with zero attached hydrogens (tertiary/aromatic N) is 2. The van der Waals surface area contributed by atoms with Gasteiger partial charge in [-0.15, -0.1) is 11.3 Å². The van der Waals surface area contributed by atoms with Gasteiger partial charge in [0.2, 0.25) is 0 Å². The lowest BCUT2D eigenvalue weighted by atomic mass is 10.1. The first-order valence-electron chi connectivity index (χ1n) is 8.85. The van der Waals surface area contributed by atoms with Crippen LogP contribution in [-0.4, -0.2) is 55.2 Å². The van der Waals surface area contributed by atoms with Crippen molar-refractivity contribution in [1.29, 1.82) is 0 Å². The van der Waals surface area contributed by atoms with E-state index >= 15 is 0 Å². The number of hydrogen-bond acceptors (Lipinski definition) is 4. The van der Waals surface area contributed by atoms with E-state index in [0.29, 0.717) is 12.6 Å². The Hall–Kier alpha value is -1.11. The molecule has 6 heteroatoms. The van der Waals surface area contributed by atoms with Crippen molar-refractivity contribution in [3.8, 4) is 0 Å². The molecule has 0 aliphatic rings. The average molecular weight is 355 g/mol.